The van der Waals surface area contributed by atoms with Crippen LogP contribution in [0.4, 0.5) is 0 Å². The van der Waals surface area contributed by atoms with Crippen LogP contribution in [-0.4, -0.2) is 70.0 Å². The average molecular weight is 377 g/mol. The molecular formula is C21H36N4O2. The molecule has 1 heterocycles. The minimum absolute atomic E-state index is 0.307. The first-order valence-electron chi connectivity index (χ1n) is 10.1. The molecule has 152 valence electrons. The Morgan fingerprint density at radius 1 is 1.33 bits per heavy atom. The van der Waals surface area contributed by atoms with Gasteiger partial charge in [0.15, 0.2) is 5.96 Å². The zero-order valence-corrected chi connectivity index (χ0v) is 17.1. The number of hydrogen-bond donors (Lipinski definition) is 2. The molecular weight excluding hydrogens is 340 g/mol. The lowest BCUT2D eigenvalue weighted by Crippen LogP contribution is -2.45. The van der Waals surface area contributed by atoms with Crippen molar-refractivity contribution in [3.63, 3.8) is 0 Å². The van der Waals surface area contributed by atoms with Gasteiger partial charge < -0.3 is 20.1 Å². The number of likely N-dealkylation sites (N-methyl/N-ethyl adjacent to an activating group) is 1. The van der Waals surface area contributed by atoms with Gasteiger partial charge in [0.25, 0.3) is 0 Å². The van der Waals surface area contributed by atoms with Crippen molar-refractivity contribution in [3.8, 4) is 0 Å². The molecule has 1 fully saturated rings. The maximum atomic E-state index is 5.69. The Balaban J connectivity index is 1.54. The van der Waals surface area contributed by atoms with Crippen molar-refractivity contribution in [3.05, 3.63) is 35.9 Å². The van der Waals surface area contributed by atoms with Crippen LogP contribution in [-0.2, 0) is 16.0 Å². The summed E-state index contributed by atoms with van der Waals surface area (Å²) in [4.78, 5) is 6.64. The smallest absolute Gasteiger partial charge is 0.191 e. The van der Waals surface area contributed by atoms with E-state index in [9.17, 15) is 0 Å². The maximum absolute atomic E-state index is 5.69. The summed E-state index contributed by atoms with van der Waals surface area (Å²) in [7, 11) is 3.96. The third-order valence-corrected chi connectivity index (χ3v) is 4.90. The zero-order chi connectivity index (χ0) is 19.3. The molecule has 1 saturated heterocycles. The first kappa shape index (κ1) is 21.7. The maximum Gasteiger partial charge on any atom is 0.191 e. The average Bonchev–Trinajstić information content (AvgIpc) is 3.20. The number of hydrogen-bond acceptors (Lipinski definition) is 4. The molecule has 1 aliphatic heterocycles. The normalized spacial score (nSPS) is 18.7. The minimum Gasteiger partial charge on any atom is -0.379 e. The van der Waals surface area contributed by atoms with Gasteiger partial charge in [-0.25, -0.2) is 0 Å². The molecule has 6 nitrogen and oxygen atoms in total. The van der Waals surface area contributed by atoms with Gasteiger partial charge in [-0.3, -0.25) is 9.89 Å². The fourth-order valence-corrected chi connectivity index (χ4v) is 3.02. The summed E-state index contributed by atoms with van der Waals surface area (Å²) in [6, 6.07) is 11.0. The van der Waals surface area contributed by atoms with Crippen LogP contribution < -0.4 is 10.6 Å². The van der Waals surface area contributed by atoms with Gasteiger partial charge >= 0.3 is 0 Å². The monoisotopic (exact) mass is 376 g/mol. The summed E-state index contributed by atoms with van der Waals surface area (Å²) in [5, 5.41) is 6.76. The Morgan fingerprint density at radius 2 is 2.15 bits per heavy atom. The molecule has 0 amide bonds. The number of rotatable bonds is 11. The van der Waals surface area contributed by atoms with Crippen molar-refractivity contribution in [2.45, 2.75) is 44.9 Å². The number of nitrogens with one attached hydrogen (secondary N) is 2. The van der Waals surface area contributed by atoms with Gasteiger partial charge in [-0.1, -0.05) is 30.3 Å². The summed E-state index contributed by atoms with van der Waals surface area (Å²) < 4.78 is 11.2. The summed E-state index contributed by atoms with van der Waals surface area (Å²) in [6.07, 6.45) is 3.56. The summed E-state index contributed by atoms with van der Waals surface area (Å²) in [5.74, 6) is 0.842. The molecule has 0 saturated carbocycles. The van der Waals surface area contributed by atoms with Crippen molar-refractivity contribution in [1.29, 1.82) is 0 Å². The molecule has 1 aromatic rings. The minimum atomic E-state index is 0.307. The first-order chi connectivity index (χ1) is 13.2. The van der Waals surface area contributed by atoms with E-state index in [0.717, 1.165) is 64.7 Å². The van der Waals surface area contributed by atoms with Gasteiger partial charge in [0, 0.05) is 45.9 Å². The highest BCUT2D eigenvalue weighted by Gasteiger charge is 2.15. The van der Waals surface area contributed by atoms with E-state index in [1.54, 1.807) is 0 Å². The third-order valence-electron chi connectivity index (χ3n) is 4.90. The lowest BCUT2D eigenvalue weighted by atomic mass is 10.2. The third kappa shape index (κ3) is 8.73. The Morgan fingerprint density at radius 3 is 2.85 bits per heavy atom. The van der Waals surface area contributed by atoms with Crippen molar-refractivity contribution in [1.82, 2.24) is 15.5 Å². The fourth-order valence-electron chi connectivity index (χ4n) is 3.02. The molecule has 0 bridgehead atoms. The summed E-state index contributed by atoms with van der Waals surface area (Å²) in [5.41, 5.74) is 1.33. The van der Waals surface area contributed by atoms with Crippen LogP contribution in [0, 0.1) is 0 Å². The Hall–Kier alpha value is -1.63. The van der Waals surface area contributed by atoms with Crippen LogP contribution in [0.3, 0.4) is 0 Å². The van der Waals surface area contributed by atoms with Crippen molar-refractivity contribution in [2.75, 3.05) is 47.0 Å². The first-order valence-corrected chi connectivity index (χ1v) is 10.1. The molecule has 2 N–H and O–H groups in total. The molecule has 0 spiro atoms. The highest BCUT2D eigenvalue weighted by Crippen LogP contribution is 2.11. The van der Waals surface area contributed by atoms with Crippen molar-refractivity contribution >= 4 is 5.96 Å². The lowest BCUT2D eigenvalue weighted by molar-refractivity contribution is 0.0168. The second kappa shape index (κ2) is 12.7. The number of benzene rings is 1. The molecule has 2 atom stereocenters. The predicted molar refractivity (Wildman–Crippen MR) is 111 cm³/mol. The van der Waals surface area contributed by atoms with E-state index < -0.39 is 0 Å². The second-order valence-corrected chi connectivity index (χ2v) is 7.19. The number of aliphatic imine (C=N–C) groups is 1. The highest BCUT2D eigenvalue weighted by molar-refractivity contribution is 5.79. The topological polar surface area (TPSA) is 58.1 Å². The van der Waals surface area contributed by atoms with Crippen LogP contribution in [0.1, 0.15) is 31.7 Å². The fraction of sp³-hybridized carbons (Fsp3) is 0.667. The Bertz CT molecular complexity index is 532. The number of guanidine groups is 1. The number of nitrogens with zero attached hydrogens (tertiary/aromatic N) is 2. The predicted octanol–water partition coefficient (Wildman–Crippen LogP) is 2.26. The summed E-state index contributed by atoms with van der Waals surface area (Å²) >= 11 is 0. The molecule has 0 aliphatic carbocycles. The molecule has 6 heteroatoms. The van der Waals surface area contributed by atoms with Gasteiger partial charge in [-0.15, -0.1) is 0 Å². The SMILES string of the molecule is CN=C(NCCCOCC1CCCO1)NCC(C)N(C)Cc1ccccc1. The molecule has 1 aliphatic rings. The van der Waals surface area contributed by atoms with E-state index in [1.165, 1.54) is 5.56 Å². The Kier molecular flexibility index (Phi) is 10.2. The van der Waals surface area contributed by atoms with Crippen LogP contribution >= 0.6 is 0 Å². The van der Waals surface area contributed by atoms with Crippen LogP contribution in [0.2, 0.25) is 0 Å². The van der Waals surface area contributed by atoms with E-state index in [0.29, 0.717) is 12.1 Å². The quantitative estimate of drug-likeness (QED) is 0.352. The van der Waals surface area contributed by atoms with Crippen LogP contribution in [0.25, 0.3) is 0 Å². The van der Waals surface area contributed by atoms with Crippen LogP contribution in [0.5, 0.6) is 0 Å². The van der Waals surface area contributed by atoms with E-state index in [2.05, 4.69) is 64.8 Å². The lowest BCUT2D eigenvalue weighted by Gasteiger charge is -2.25. The van der Waals surface area contributed by atoms with Gasteiger partial charge in [0.2, 0.25) is 0 Å². The standard InChI is InChI=1S/C21H36N4O2/c1-18(25(3)16-19-9-5-4-6-10-19)15-24-21(22-2)23-12-8-13-26-17-20-11-7-14-27-20/h4-6,9-10,18,20H,7-8,11-17H2,1-3H3,(H2,22,23,24). The van der Waals surface area contributed by atoms with E-state index in [1.807, 2.05) is 7.05 Å². The van der Waals surface area contributed by atoms with Gasteiger partial charge in [-0.2, -0.15) is 0 Å². The van der Waals surface area contributed by atoms with E-state index >= 15 is 0 Å². The largest absolute Gasteiger partial charge is 0.379 e. The zero-order valence-electron chi connectivity index (χ0n) is 17.1. The molecule has 1 aromatic carbocycles. The molecule has 0 radical (unpaired) electrons. The van der Waals surface area contributed by atoms with E-state index in [-0.39, 0.29) is 0 Å². The highest BCUT2D eigenvalue weighted by atomic mass is 16.5. The molecule has 27 heavy (non-hydrogen) atoms. The van der Waals surface area contributed by atoms with Gasteiger partial charge in [-0.05, 0) is 38.8 Å². The molecule has 0 aromatic heterocycles. The summed E-state index contributed by atoms with van der Waals surface area (Å²) in [6.45, 7) is 7.21. The van der Waals surface area contributed by atoms with Crippen molar-refractivity contribution in [2.24, 2.45) is 4.99 Å². The second-order valence-electron chi connectivity index (χ2n) is 7.19. The van der Waals surface area contributed by atoms with Crippen LogP contribution in [0.15, 0.2) is 35.3 Å². The molecule has 2 unspecified atom stereocenters. The van der Waals surface area contributed by atoms with Gasteiger partial charge in [0.1, 0.15) is 0 Å². The van der Waals surface area contributed by atoms with E-state index in [4.69, 9.17) is 9.47 Å². The Labute approximate surface area is 164 Å². The number of ether oxygens (including phenoxy) is 2. The van der Waals surface area contributed by atoms with Crippen molar-refractivity contribution < 1.29 is 9.47 Å². The van der Waals surface area contributed by atoms with Gasteiger partial charge in [0.05, 0.1) is 12.7 Å². The molecule has 2 rings (SSSR count).